The van der Waals surface area contributed by atoms with Crippen LogP contribution in [0.4, 0.5) is 4.79 Å². The molecule has 3 atom stereocenters. The number of nitrogens with one attached hydrogen (secondary N) is 1. The van der Waals surface area contributed by atoms with Crippen molar-refractivity contribution in [1.82, 2.24) is 15.1 Å². The van der Waals surface area contributed by atoms with Crippen molar-refractivity contribution in [3.63, 3.8) is 0 Å². The molecule has 2 fully saturated rings. The SMILES string of the molecule is O=C1[C@H]2CCCN(C(=O)NCCc3ccccc3)[C@H]2C[C@H]2c3c(ccc4c3OCO4)CCN12. The maximum atomic E-state index is 13.6. The van der Waals surface area contributed by atoms with E-state index in [-0.39, 0.29) is 36.7 Å². The third-order valence-corrected chi connectivity index (χ3v) is 7.64. The Morgan fingerprint density at radius 3 is 2.85 bits per heavy atom. The fourth-order valence-electron chi connectivity index (χ4n) is 6.07. The van der Waals surface area contributed by atoms with E-state index < -0.39 is 0 Å². The van der Waals surface area contributed by atoms with Gasteiger partial charge in [0, 0.05) is 31.2 Å². The van der Waals surface area contributed by atoms with Gasteiger partial charge in [0.2, 0.25) is 12.7 Å². The standard InChI is InChI=1S/C26H29N3O4/c30-25-19-7-4-13-29(26(31)27-12-10-17-5-2-1-3-6-17)20(19)15-21-23-18(11-14-28(21)25)8-9-22-24(23)33-16-32-22/h1-3,5-6,8-9,19-21H,4,7,10-16H2,(H,27,31)/t19-,20-,21-/m0/s1. The second-order valence-electron chi connectivity index (χ2n) is 9.38. The fourth-order valence-corrected chi connectivity index (χ4v) is 6.07. The van der Waals surface area contributed by atoms with E-state index in [2.05, 4.69) is 23.5 Å². The van der Waals surface area contributed by atoms with Gasteiger partial charge in [-0.3, -0.25) is 4.79 Å². The van der Waals surface area contributed by atoms with Gasteiger partial charge in [-0.15, -0.1) is 0 Å². The normalized spacial score (nSPS) is 25.2. The second kappa shape index (κ2) is 8.28. The Kier molecular flexibility index (Phi) is 5.12. The van der Waals surface area contributed by atoms with Crippen LogP contribution in [0.15, 0.2) is 42.5 Å². The average Bonchev–Trinajstić information content (AvgIpc) is 3.33. The van der Waals surface area contributed by atoms with Crippen LogP contribution < -0.4 is 14.8 Å². The van der Waals surface area contributed by atoms with Crippen LogP contribution in [-0.2, 0) is 17.6 Å². The lowest BCUT2D eigenvalue weighted by Gasteiger charge is -2.51. The number of piperidine rings is 2. The predicted molar refractivity (Wildman–Crippen MR) is 122 cm³/mol. The minimum atomic E-state index is -0.120. The zero-order valence-corrected chi connectivity index (χ0v) is 18.7. The van der Waals surface area contributed by atoms with Gasteiger partial charge < -0.3 is 24.6 Å². The van der Waals surface area contributed by atoms with Crippen LogP contribution in [0.2, 0.25) is 0 Å². The number of urea groups is 1. The summed E-state index contributed by atoms with van der Waals surface area (Å²) >= 11 is 0. The summed E-state index contributed by atoms with van der Waals surface area (Å²) in [6, 6.07) is 14.0. The first-order valence-corrected chi connectivity index (χ1v) is 12.0. The number of carbonyl (C=O) groups is 2. The molecule has 2 aromatic carbocycles. The molecule has 0 spiro atoms. The van der Waals surface area contributed by atoms with Crippen molar-refractivity contribution < 1.29 is 19.1 Å². The summed E-state index contributed by atoms with van der Waals surface area (Å²) in [5, 5.41) is 3.10. The van der Waals surface area contributed by atoms with Crippen LogP contribution in [0, 0.1) is 5.92 Å². The average molecular weight is 448 g/mol. The highest BCUT2D eigenvalue weighted by atomic mass is 16.7. The van der Waals surface area contributed by atoms with Crippen LogP contribution in [-0.4, -0.2) is 54.2 Å². The Bertz CT molecular complexity index is 1070. The lowest BCUT2D eigenvalue weighted by atomic mass is 9.76. The zero-order chi connectivity index (χ0) is 22.4. The van der Waals surface area contributed by atoms with E-state index in [9.17, 15) is 9.59 Å². The Balaban J connectivity index is 1.23. The molecule has 7 heteroatoms. The molecule has 0 radical (unpaired) electrons. The number of nitrogens with zero attached hydrogens (tertiary/aromatic N) is 2. The number of ether oxygens (including phenoxy) is 2. The number of amides is 3. The number of hydrogen-bond donors (Lipinski definition) is 1. The summed E-state index contributed by atoms with van der Waals surface area (Å²) in [4.78, 5) is 30.7. The molecule has 0 saturated carbocycles. The highest BCUT2D eigenvalue weighted by Crippen LogP contribution is 2.50. The lowest BCUT2D eigenvalue weighted by molar-refractivity contribution is -0.148. The first-order chi connectivity index (χ1) is 16.2. The minimum absolute atomic E-state index is 0.0595. The number of benzene rings is 2. The molecular formula is C26H29N3O4. The molecule has 0 unspecified atom stereocenters. The topological polar surface area (TPSA) is 71.1 Å². The van der Waals surface area contributed by atoms with E-state index in [1.54, 1.807) is 0 Å². The van der Waals surface area contributed by atoms with Gasteiger partial charge in [0.15, 0.2) is 11.5 Å². The summed E-state index contributed by atoms with van der Waals surface area (Å²) in [6.45, 7) is 2.22. The van der Waals surface area contributed by atoms with E-state index in [4.69, 9.17) is 9.47 Å². The molecular weight excluding hydrogens is 418 g/mol. The van der Waals surface area contributed by atoms with Gasteiger partial charge in [-0.1, -0.05) is 36.4 Å². The third-order valence-electron chi connectivity index (χ3n) is 7.64. The van der Waals surface area contributed by atoms with E-state index in [1.807, 2.05) is 34.1 Å². The van der Waals surface area contributed by atoms with Gasteiger partial charge in [-0.05, 0) is 49.3 Å². The quantitative estimate of drug-likeness (QED) is 0.784. The maximum absolute atomic E-state index is 13.6. The summed E-state index contributed by atoms with van der Waals surface area (Å²) < 4.78 is 11.5. The Hall–Kier alpha value is -3.22. The highest BCUT2D eigenvalue weighted by Gasteiger charge is 2.49. The molecule has 3 amide bonds. The Morgan fingerprint density at radius 1 is 1.09 bits per heavy atom. The van der Waals surface area contributed by atoms with Gasteiger partial charge in [-0.25, -0.2) is 4.79 Å². The molecule has 2 aromatic rings. The number of carbonyl (C=O) groups excluding carboxylic acids is 2. The van der Waals surface area contributed by atoms with E-state index in [0.29, 0.717) is 13.1 Å². The van der Waals surface area contributed by atoms with Crippen molar-refractivity contribution in [2.45, 2.75) is 44.2 Å². The van der Waals surface area contributed by atoms with Crippen LogP contribution in [0.1, 0.15) is 42.0 Å². The first kappa shape index (κ1) is 20.4. The molecule has 4 aliphatic heterocycles. The molecule has 33 heavy (non-hydrogen) atoms. The molecule has 172 valence electrons. The van der Waals surface area contributed by atoms with Crippen molar-refractivity contribution in [2.75, 3.05) is 26.4 Å². The van der Waals surface area contributed by atoms with E-state index in [1.165, 1.54) is 11.1 Å². The van der Waals surface area contributed by atoms with E-state index in [0.717, 1.165) is 55.7 Å². The molecule has 2 saturated heterocycles. The molecule has 6 rings (SSSR count). The monoisotopic (exact) mass is 447 g/mol. The van der Waals surface area contributed by atoms with Crippen LogP contribution in [0.3, 0.4) is 0 Å². The molecule has 0 bridgehead atoms. The number of fused-ring (bicyclic) bond motifs is 6. The van der Waals surface area contributed by atoms with Gasteiger partial charge >= 0.3 is 6.03 Å². The van der Waals surface area contributed by atoms with Gasteiger partial charge in [0.25, 0.3) is 0 Å². The molecule has 4 aliphatic rings. The zero-order valence-electron chi connectivity index (χ0n) is 18.7. The number of likely N-dealkylation sites (tertiary alicyclic amines) is 1. The van der Waals surface area contributed by atoms with Gasteiger partial charge in [0.05, 0.1) is 12.0 Å². The Morgan fingerprint density at radius 2 is 1.97 bits per heavy atom. The molecule has 0 aromatic heterocycles. The molecule has 4 heterocycles. The van der Waals surface area contributed by atoms with Crippen molar-refractivity contribution in [3.8, 4) is 11.5 Å². The summed E-state index contributed by atoms with van der Waals surface area (Å²) in [5.41, 5.74) is 3.51. The van der Waals surface area contributed by atoms with Crippen LogP contribution >= 0.6 is 0 Å². The molecule has 7 nitrogen and oxygen atoms in total. The van der Waals surface area contributed by atoms with Crippen LogP contribution in [0.5, 0.6) is 11.5 Å². The number of rotatable bonds is 3. The van der Waals surface area contributed by atoms with Gasteiger partial charge in [-0.2, -0.15) is 0 Å². The lowest BCUT2D eigenvalue weighted by Crippen LogP contribution is -2.61. The van der Waals surface area contributed by atoms with Crippen molar-refractivity contribution in [1.29, 1.82) is 0 Å². The van der Waals surface area contributed by atoms with Crippen molar-refractivity contribution in [3.05, 3.63) is 59.2 Å². The van der Waals surface area contributed by atoms with Crippen molar-refractivity contribution in [2.24, 2.45) is 5.92 Å². The van der Waals surface area contributed by atoms with Gasteiger partial charge in [0.1, 0.15) is 0 Å². The maximum Gasteiger partial charge on any atom is 0.317 e. The smallest absolute Gasteiger partial charge is 0.317 e. The van der Waals surface area contributed by atoms with Crippen LogP contribution in [0.25, 0.3) is 0 Å². The largest absolute Gasteiger partial charge is 0.454 e. The Labute approximate surface area is 193 Å². The van der Waals surface area contributed by atoms with Crippen molar-refractivity contribution >= 4 is 11.9 Å². The second-order valence-corrected chi connectivity index (χ2v) is 9.38. The summed E-state index contributed by atoms with van der Waals surface area (Å²) in [6.07, 6.45) is 4.08. The number of hydrogen-bond acceptors (Lipinski definition) is 4. The minimum Gasteiger partial charge on any atom is -0.454 e. The predicted octanol–water partition coefficient (Wildman–Crippen LogP) is 3.28. The fraction of sp³-hybridized carbons (Fsp3) is 0.462. The summed E-state index contributed by atoms with van der Waals surface area (Å²) in [7, 11) is 0. The molecule has 1 N–H and O–H groups in total. The highest BCUT2D eigenvalue weighted by molar-refractivity contribution is 5.84. The first-order valence-electron chi connectivity index (χ1n) is 12.0. The van der Waals surface area contributed by atoms with E-state index >= 15 is 0 Å². The summed E-state index contributed by atoms with van der Waals surface area (Å²) in [5.74, 6) is 1.60. The molecule has 0 aliphatic carbocycles. The third kappa shape index (κ3) is 3.50.